The second-order valence-electron chi connectivity index (χ2n) is 5.81. The number of nitrogens with one attached hydrogen (secondary N) is 1. The highest BCUT2D eigenvalue weighted by molar-refractivity contribution is 5.85. The molecular weight excluding hydrogens is 291 g/mol. The Hall–Kier alpha value is -0.840. The molecule has 0 amide bonds. The van der Waals surface area contributed by atoms with Gasteiger partial charge in [-0.05, 0) is 24.8 Å². The molecule has 3 nitrogen and oxygen atoms in total. The minimum absolute atomic E-state index is 0. The van der Waals surface area contributed by atoms with Crippen molar-refractivity contribution in [2.24, 2.45) is 5.92 Å². The van der Waals surface area contributed by atoms with E-state index < -0.39 is 0 Å². The lowest BCUT2D eigenvalue weighted by Crippen LogP contribution is -2.47. The maximum atomic E-state index is 13.4. The molecule has 21 heavy (non-hydrogen) atoms. The highest BCUT2D eigenvalue weighted by atomic mass is 35.5. The molecular formula is C16H24ClFN2O. The third-order valence-corrected chi connectivity index (χ3v) is 4.66. The number of ether oxygens (including phenoxy) is 1. The first-order valence-corrected chi connectivity index (χ1v) is 7.58. The van der Waals surface area contributed by atoms with Crippen molar-refractivity contribution in [2.75, 3.05) is 33.3 Å². The van der Waals surface area contributed by atoms with Crippen LogP contribution in [0.1, 0.15) is 30.9 Å². The molecule has 1 aromatic rings. The molecule has 0 radical (unpaired) electrons. The van der Waals surface area contributed by atoms with Gasteiger partial charge in [-0.1, -0.05) is 12.5 Å². The van der Waals surface area contributed by atoms with Gasteiger partial charge in [-0.25, -0.2) is 4.39 Å². The maximum absolute atomic E-state index is 13.4. The summed E-state index contributed by atoms with van der Waals surface area (Å²) in [6, 6.07) is 5.37. The molecule has 1 heterocycles. The molecule has 118 valence electrons. The number of methoxy groups -OCH3 is 1. The lowest BCUT2D eigenvalue weighted by Gasteiger charge is -2.43. The van der Waals surface area contributed by atoms with E-state index in [1.165, 1.54) is 25.3 Å². The molecule has 1 saturated carbocycles. The summed E-state index contributed by atoms with van der Waals surface area (Å²) in [5, 5.41) is 3.40. The number of piperazine rings is 1. The van der Waals surface area contributed by atoms with Crippen molar-refractivity contribution in [3.05, 3.63) is 29.6 Å². The van der Waals surface area contributed by atoms with Crippen LogP contribution in [0.3, 0.4) is 0 Å². The lowest BCUT2D eigenvalue weighted by molar-refractivity contribution is 0.0818. The van der Waals surface area contributed by atoms with Crippen LogP contribution in [-0.4, -0.2) is 38.2 Å². The predicted molar refractivity (Wildman–Crippen MR) is 84.7 cm³/mol. The van der Waals surface area contributed by atoms with Crippen molar-refractivity contribution in [3.63, 3.8) is 0 Å². The zero-order chi connectivity index (χ0) is 13.9. The first-order chi connectivity index (χ1) is 9.79. The third kappa shape index (κ3) is 3.50. The lowest BCUT2D eigenvalue weighted by atomic mass is 9.76. The van der Waals surface area contributed by atoms with Gasteiger partial charge in [-0.3, -0.25) is 4.90 Å². The number of benzene rings is 1. The second-order valence-corrected chi connectivity index (χ2v) is 5.81. The van der Waals surface area contributed by atoms with Gasteiger partial charge in [0.25, 0.3) is 0 Å². The summed E-state index contributed by atoms with van der Waals surface area (Å²) < 4.78 is 18.9. The molecule has 2 aliphatic rings. The Morgan fingerprint density at radius 2 is 2.00 bits per heavy atom. The molecule has 1 saturated heterocycles. The topological polar surface area (TPSA) is 24.5 Å². The summed E-state index contributed by atoms with van der Waals surface area (Å²) >= 11 is 0. The Morgan fingerprint density at radius 3 is 2.57 bits per heavy atom. The Balaban J connectivity index is 0.00000161. The van der Waals surface area contributed by atoms with Gasteiger partial charge in [0.1, 0.15) is 11.6 Å². The molecule has 1 aliphatic heterocycles. The zero-order valence-electron chi connectivity index (χ0n) is 12.5. The van der Waals surface area contributed by atoms with E-state index in [2.05, 4.69) is 10.2 Å². The van der Waals surface area contributed by atoms with Crippen molar-refractivity contribution in [1.82, 2.24) is 10.2 Å². The van der Waals surface area contributed by atoms with E-state index in [9.17, 15) is 4.39 Å². The normalized spacial score (nSPS) is 21.2. The van der Waals surface area contributed by atoms with E-state index in [-0.39, 0.29) is 18.2 Å². The summed E-state index contributed by atoms with van der Waals surface area (Å²) in [6.07, 6.45) is 3.86. The SMILES string of the molecule is COc1cc(F)ccc1[C@@H](C1CCC1)N1CCNCC1.Cl. The van der Waals surface area contributed by atoms with Crippen LogP contribution in [0.25, 0.3) is 0 Å². The minimum atomic E-state index is -0.224. The molecule has 5 heteroatoms. The number of hydrogen-bond donors (Lipinski definition) is 1. The van der Waals surface area contributed by atoms with Crippen molar-refractivity contribution < 1.29 is 9.13 Å². The Kier molecular flexibility index (Phi) is 5.85. The molecule has 1 aliphatic carbocycles. The summed E-state index contributed by atoms with van der Waals surface area (Å²) in [5.41, 5.74) is 1.15. The molecule has 0 aromatic heterocycles. The number of nitrogens with zero attached hydrogens (tertiary/aromatic N) is 1. The Bertz CT molecular complexity index is 462. The molecule has 1 aromatic carbocycles. The zero-order valence-corrected chi connectivity index (χ0v) is 13.3. The molecule has 0 spiro atoms. The highest BCUT2D eigenvalue weighted by Crippen LogP contribution is 2.44. The number of halogens is 2. The molecule has 0 unspecified atom stereocenters. The van der Waals surface area contributed by atoms with Crippen molar-refractivity contribution in [2.45, 2.75) is 25.3 Å². The van der Waals surface area contributed by atoms with E-state index in [0.717, 1.165) is 31.7 Å². The van der Waals surface area contributed by atoms with Crippen LogP contribution in [0, 0.1) is 11.7 Å². The predicted octanol–water partition coefficient (Wildman–Crippen LogP) is 3.00. The standard InChI is InChI=1S/C16H23FN2O.ClH/c1-20-15-11-13(17)5-6-14(15)16(12-3-2-4-12)19-9-7-18-8-10-19;/h5-6,11-12,16,18H,2-4,7-10H2,1H3;1H/t16-;/m1./s1. The molecule has 1 atom stereocenters. The average Bonchev–Trinajstić information content (AvgIpc) is 2.44. The fourth-order valence-corrected chi connectivity index (χ4v) is 3.39. The summed E-state index contributed by atoms with van der Waals surface area (Å²) in [6.45, 7) is 4.18. The molecule has 1 N–H and O–H groups in total. The fraction of sp³-hybridized carbons (Fsp3) is 0.625. The average molecular weight is 315 g/mol. The van der Waals surface area contributed by atoms with Gasteiger partial charge in [0.05, 0.1) is 7.11 Å². The first-order valence-electron chi connectivity index (χ1n) is 7.58. The van der Waals surface area contributed by atoms with Gasteiger partial charge in [0, 0.05) is 43.9 Å². The quantitative estimate of drug-likeness (QED) is 0.924. The van der Waals surface area contributed by atoms with Gasteiger partial charge in [0.2, 0.25) is 0 Å². The van der Waals surface area contributed by atoms with Gasteiger partial charge in [0.15, 0.2) is 0 Å². The van der Waals surface area contributed by atoms with Crippen molar-refractivity contribution in [3.8, 4) is 5.75 Å². The summed E-state index contributed by atoms with van der Waals surface area (Å²) in [4.78, 5) is 2.54. The van der Waals surface area contributed by atoms with Gasteiger partial charge in [-0.15, -0.1) is 12.4 Å². The van der Waals surface area contributed by atoms with Crippen LogP contribution < -0.4 is 10.1 Å². The fourth-order valence-electron chi connectivity index (χ4n) is 3.39. The largest absolute Gasteiger partial charge is 0.496 e. The van der Waals surface area contributed by atoms with Gasteiger partial charge < -0.3 is 10.1 Å². The van der Waals surface area contributed by atoms with Gasteiger partial charge >= 0.3 is 0 Å². The summed E-state index contributed by atoms with van der Waals surface area (Å²) in [7, 11) is 1.63. The first kappa shape index (κ1) is 16.5. The molecule has 0 bridgehead atoms. The molecule has 2 fully saturated rings. The van der Waals surface area contributed by atoms with Crippen LogP contribution >= 0.6 is 12.4 Å². The van der Waals surface area contributed by atoms with Crippen molar-refractivity contribution >= 4 is 12.4 Å². The van der Waals surface area contributed by atoms with Gasteiger partial charge in [-0.2, -0.15) is 0 Å². The highest BCUT2D eigenvalue weighted by Gasteiger charge is 2.35. The van der Waals surface area contributed by atoms with E-state index in [0.29, 0.717) is 17.7 Å². The van der Waals surface area contributed by atoms with Crippen LogP contribution in [0.2, 0.25) is 0 Å². The third-order valence-electron chi connectivity index (χ3n) is 4.66. The Morgan fingerprint density at radius 1 is 1.29 bits per heavy atom. The van der Waals surface area contributed by atoms with Crippen molar-refractivity contribution in [1.29, 1.82) is 0 Å². The van der Waals surface area contributed by atoms with Crippen LogP contribution in [-0.2, 0) is 0 Å². The summed E-state index contributed by atoms with van der Waals surface area (Å²) in [5.74, 6) is 1.16. The second kappa shape index (κ2) is 7.43. The van der Waals surface area contributed by atoms with E-state index in [1.807, 2.05) is 6.07 Å². The van der Waals surface area contributed by atoms with Crippen LogP contribution in [0.4, 0.5) is 4.39 Å². The Labute approximate surface area is 132 Å². The minimum Gasteiger partial charge on any atom is -0.496 e. The molecule has 3 rings (SSSR count). The monoisotopic (exact) mass is 314 g/mol. The van der Waals surface area contributed by atoms with E-state index in [4.69, 9.17) is 4.74 Å². The van der Waals surface area contributed by atoms with E-state index >= 15 is 0 Å². The number of hydrogen-bond acceptors (Lipinski definition) is 3. The van der Waals surface area contributed by atoms with E-state index in [1.54, 1.807) is 13.2 Å². The van der Waals surface area contributed by atoms with Crippen LogP contribution in [0.15, 0.2) is 18.2 Å². The smallest absolute Gasteiger partial charge is 0.126 e. The maximum Gasteiger partial charge on any atom is 0.126 e. The van der Waals surface area contributed by atoms with Crippen LogP contribution in [0.5, 0.6) is 5.75 Å². The number of rotatable bonds is 4.